The van der Waals surface area contributed by atoms with Crippen LogP contribution in [0.5, 0.6) is 11.5 Å². The predicted molar refractivity (Wildman–Crippen MR) is 179 cm³/mol. The summed E-state index contributed by atoms with van der Waals surface area (Å²) in [6.07, 6.45) is -0.661. The van der Waals surface area contributed by atoms with E-state index in [2.05, 4.69) is 27.2 Å². The molecule has 1 aliphatic rings. The number of benzene rings is 1. The summed E-state index contributed by atoms with van der Waals surface area (Å²) in [5, 5.41) is 24.8. The summed E-state index contributed by atoms with van der Waals surface area (Å²) < 4.78 is 61.9. The van der Waals surface area contributed by atoms with Crippen LogP contribution in [0.2, 0.25) is 0 Å². The number of hydrogen-bond donors (Lipinski definition) is 4. The number of alkyl halides is 3. The number of nitrogens with one attached hydrogen (secondary N) is 2. The molecule has 0 radical (unpaired) electrons. The molecule has 15 heteroatoms. The van der Waals surface area contributed by atoms with Crippen LogP contribution in [0.4, 0.5) is 23.2 Å². The standard InChI is InChI=1S/C33H40F4N6O4S/c1-5-21(3)40-32(46)41-22-7-9-26(23(34)16-22)47-27-10-11-39-25-17-28(48-31(25)27)24(38-4)8-6-20(2)19-42-12-14-43(15-13-42)29(18-30(44)45)33(35,36)37/h6-11,16-17,21,29,32,40-41,46H,2,5,12-15,18-19H2,1,3-4H3,(H,44,45). The van der Waals surface area contributed by atoms with Crippen molar-refractivity contribution in [3.8, 4) is 11.5 Å². The van der Waals surface area contributed by atoms with Crippen molar-refractivity contribution >= 4 is 38.9 Å². The van der Waals surface area contributed by atoms with Gasteiger partial charge in [0.1, 0.15) is 11.8 Å². The maximum absolute atomic E-state index is 15.0. The number of thiophene rings is 1. The zero-order chi connectivity index (χ0) is 35.0. The van der Waals surface area contributed by atoms with Crippen LogP contribution in [0, 0.1) is 5.82 Å². The topological polar surface area (TPSA) is 123 Å². The maximum atomic E-state index is 15.0. The summed E-state index contributed by atoms with van der Waals surface area (Å²) in [6, 6.07) is 5.89. The second-order valence-corrected chi connectivity index (χ2v) is 12.5. The number of aliphatic carboxylic acids is 1. The SMILES string of the molecule is C=C(C=CC(=NC)c1cc2nccc(Oc3ccc(NC(O)NC(C)CC)cc3F)c2s1)CN1CCN(C(CC(=O)O)C(F)(F)F)CC1. The number of allylic oxidation sites excluding steroid dienone is 1. The summed E-state index contributed by atoms with van der Waals surface area (Å²) >= 11 is 1.37. The van der Waals surface area contributed by atoms with Gasteiger partial charge in [0.05, 0.1) is 27.2 Å². The van der Waals surface area contributed by atoms with Gasteiger partial charge in [0.15, 0.2) is 17.9 Å². The number of ether oxygens (including phenoxy) is 1. The number of pyridine rings is 1. The Bertz CT molecular complexity index is 1640. The van der Waals surface area contributed by atoms with Gasteiger partial charge in [-0.05, 0) is 43.2 Å². The van der Waals surface area contributed by atoms with E-state index in [4.69, 9.17) is 9.84 Å². The summed E-state index contributed by atoms with van der Waals surface area (Å²) in [6.45, 7) is 9.31. The summed E-state index contributed by atoms with van der Waals surface area (Å²) in [7, 11) is 1.64. The number of nitrogens with zero attached hydrogens (tertiary/aromatic N) is 4. The third-order valence-electron chi connectivity index (χ3n) is 7.88. The van der Waals surface area contributed by atoms with Gasteiger partial charge in [-0.15, -0.1) is 11.3 Å². The van der Waals surface area contributed by atoms with Gasteiger partial charge < -0.3 is 20.3 Å². The molecule has 1 saturated heterocycles. The van der Waals surface area contributed by atoms with Crippen molar-refractivity contribution < 1.29 is 37.3 Å². The highest BCUT2D eigenvalue weighted by Gasteiger charge is 2.45. The highest BCUT2D eigenvalue weighted by atomic mass is 32.1. The number of aliphatic hydroxyl groups is 1. The number of fused-ring (bicyclic) bond motifs is 1. The number of carbonyl (C=O) groups is 1. The van der Waals surface area contributed by atoms with E-state index in [0.29, 0.717) is 47.0 Å². The molecular weight excluding hydrogens is 652 g/mol. The lowest BCUT2D eigenvalue weighted by molar-refractivity contribution is -0.193. The van der Waals surface area contributed by atoms with Crippen LogP contribution >= 0.6 is 11.3 Å². The molecule has 0 saturated carbocycles. The van der Waals surface area contributed by atoms with Crippen molar-refractivity contribution in [2.75, 3.05) is 45.1 Å². The Morgan fingerprint density at radius 3 is 2.54 bits per heavy atom. The Balaban J connectivity index is 1.38. The number of carboxylic acid groups (broad SMARTS) is 1. The molecule has 0 amide bonds. The predicted octanol–water partition coefficient (Wildman–Crippen LogP) is 5.86. The minimum absolute atomic E-state index is 0.00426. The molecule has 1 fully saturated rings. The van der Waals surface area contributed by atoms with Gasteiger partial charge in [-0.1, -0.05) is 19.6 Å². The number of rotatable bonds is 15. The monoisotopic (exact) mass is 692 g/mol. The van der Waals surface area contributed by atoms with E-state index in [1.807, 2.05) is 24.8 Å². The Labute approximate surface area is 280 Å². The number of halogens is 4. The highest BCUT2D eigenvalue weighted by Crippen LogP contribution is 2.36. The number of piperazine rings is 1. The molecule has 3 atom stereocenters. The van der Waals surface area contributed by atoms with E-state index in [9.17, 15) is 23.1 Å². The normalized spacial score (nSPS) is 17.0. The highest BCUT2D eigenvalue weighted by molar-refractivity contribution is 7.21. The van der Waals surface area contributed by atoms with Gasteiger partial charge in [-0.2, -0.15) is 13.2 Å². The number of aliphatic hydroxyl groups excluding tert-OH is 1. The number of aromatic nitrogens is 1. The lowest BCUT2D eigenvalue weighted by Gasteiger charge is -2.39. The lowest BCUT2D eigenvalue weighted by Crippen LogP contribution is -2.55. The van der Waals surface area contributed by atoms with Gasteiger partial charge in [-0.25, -0.2) is 4.39 Å². The first-order valence-electron chi connectivity index (χ1n) is 15.4. The van der Waals surface area contributed by atoms with Crippen LogP contribution in [-0.2, 0) is 4.79 Å². The average molecular weight is 693 g/mol. The summed E-state index contributed by atoms with van der Waals surface area (Å²) in [4.78, 5) is 23.7. The molecule has 4 N–H and O–H groups in total. The molecule has 3 heterocycles. The molecule has 0 spiro atoms. The number of anilines is 1. The van der Waals surface area contributed by atoms with E-state index in [1.54, 1.807) is 37.5 Å². The van der Waals surface area contributed by atoms with Crippen LogP contribution in [0.15, 0.2) is 65.8 Å². The Morgan fingerprint density at radius 1 is 1.19 bits per heavy atom. The molecule has 3 unspecified atom stereocenters. The zero-order valence-electron chi connectivity index (χ0n) is 26.9. The van der Waals surface area contributed by atoms with Crippen LogP contribution in [0.3, 0.4) is 0 Å². The molecule has 10 nitrogen and oxygen atoms in total. The average Bonchev–Trinajstić information content (AvgIpc) is 3.46. The van der Waals surface area contributed by atoms with Gasteiger partial charge in [-0.3, -0.25) is 29.9 Å². The molecule has 48 heavy (non-hydrogen) atoms. The number of aliphatic imine (C=N–C) groups is 1. The minimum atomic E-state index is -4.62. The zero-order valence-corrected chi connectivity index (χ0v) is 27.7. The third kappa shape index (κ3) is 10.1. The maximum Gasteiger partial charge on any atom is 0.404 e. The van der Waals surface area contributed by atoms with Crippen molar-refractivity contribution in [3.05, 3.63) is 71.5 Å². The van der Waals surface area contributed by atoms with Gasteiger partial charge in [0.2, 0.25) is 0 Å². The van der Waals surface area contributed by atoms with Crippen LogP contribution in [0.25, 0.3) is 10.2 Å². The molecule has 0 aliphatic carbocycles. The molecule has 1 aromatic carbocycles. The summed E-state index contributed by atoms with van der Waals surface area (Å²) in [5.74, 6) is -1.68. The second kappa shape index (κ2) is 16.5. The van der Waals surface area contributed by atoms with E-state index in [0.717, 1.165) is 16.9 Å². The van der Waals surface area contributed by atoms with Crippen LogP contribution in [-0.4, -0.2) is 101 Å². The second-order valence-electron chi connectivity index (χ2n) is 11.5. The van der Waals surface area contributed by atoms with E-state index < -0.39 is 36.8 Å². The first kappa shape index (κ1) is 36.9. The minimum Gasteiger partial charge on any atom is -0.481 e. The van der Waals surface area contributed by atoms with Gasteiger partial charge >= 0.3 is 12.1 Å². The molecule has 3 aromatic rings. The molecule has 260 valence electrons. The largest absolute Gasteiger partial charge is 0.481 e. The van der Waals surface area contributed by atoms with Gasteiger partial charge in [0.25, 0.3) is 0 Å². The first-order valence-corrected chi connectivity index (χ1v) is 16.2. The fourth-order valence-corrected chi connectivity index (χ4v) is 6.23. The van der Waals surface area contributed by atoms with Crippen molar-refractivity contribution in [2.45, 2.75) is 51.3 Å². The third-order valence-corrected chi connectivity index (χ3v) is 9.04. The van der Waals surface area contributed by atoms with E-state index in [1.165, 1.54) is 28.4 Å². The van der Waals surface area contributed by atoms with E-state index in [-0.39, 0.29) is 24.9 Å². The summed E-state index contributed by atoms with van der Waals surface area (Å²) in [5.41, 5.74) is 2.38. The Kier molecular flexibility index (Phi) is 12.7. The fraction of sp³-hybridized carbons (Fsp3) is 0.424. The Hall–Kier alpha value is -3.89. The molecule has 1 aliphatic heterocycles. The van der Waals surface area contributed by atoms with Crippen molar-refractivity contribution in [1.29, 1.82) is 0 Å². The van der Waals surface area contributed by atoms with Crippen LogP contribution in [0.1, 0.15) is 31.6 Å². The first-order chi connectivity index (χ1) is 22.8. The smallest absolute Gasteiger partial charge is 0.404 e. The van der Waals surface area contributed by atoms with Crippen molar-refractivity contribution in [3.63, 3.8) is 0 Å². The van der Waals surface area contributed by atoms with Gasteiger partial charge in [0, 0.05) is 69.8 Å². The lowest BCUT2D eigenvalue weighted by atomic mass is 10.1. The molecular formula is C33H40F4N6O4S. The molecule has 2 aromatic heterocycles. The number of carboxylic acids is 1. The van der Waals surface area contributed by atoms with E-state index >= 15 is 4.39 Å². The fourth-order valence-electron chi connectivity index (χ4n) is 5.15. The quantitative estimate of drug-likeness (QED) is 0.0672. The van der Waals surface area contributed by atoms with Crippen LogP contribution < -0.4 is 15.4 Å². The molecule has 0 bridgehead atoms. The van der Waals surface area contributed by atoms with Crippen molar-refractivity contribution in [2.24, 2.45) is 4.99 Å². The van der Waals surface area contributed by atoms with Crippen molar-refractivity contribution in [1.82, 2.24) is 20.1 Å². The molecule has 4 rings (SSSR count). The Morgan fingerprint density at radius 2 is 1.92 bits per heavy atom. The number of hydrogen-bond acceptors (Lipinski definition) is 10.